The highest BCUT2D eigenvalue weighted by molar-refractivity contribution is 5.87. The van der Waals surface area contributed by atoms with E-state index in [0.717, 1.165) is 25.7 Å². The topological polar surface area (TPSA) is 131 Å². The summed E-state index contributed by atoms with van der Waals surface area (Å²) in [6.07, 6.45) is 5.69. The zero-order valence-corrected chi connectivity index (χ0v) is 22.4. The predicted molar refractivity (Wildman–Crippen MR) is 134 cm³/mol. The van der Waals surface area contributed by atoms with Crippen LogP contribution in [0.4, 0.5) is 4.79 Å². The highest BCUT2D eigenvalue weighted by atomic mass is 16.6. The summed E-state index contributed by atoms with van der Waals surface area (Å²) in [6.45, 7) is 13.0. The van der Waals surface area contributed by atoms with Gasteiger partial charge in [0.15, 0.2) is 0 Å². The van der Waals surface area contributed by atoms with Crippen molar-refractivity contribution >= 4 is 17.9 Å². The van der Waals surface area contributed by atoms with Gasteiger partial charge in [-0.25, -0.2) is 4.79 Å². The SMILES string of the molecule is CC[C@H](C)[C@H](NC(=O)[C@@H](C[C@H](O)[C@H](CC1CCCCC1)NC(=O)OC(C)(C)C)C(C)C)C(N)=O. The number of aliphatic hydroxyl groups is 1. The number of carbonyl (C=O) groups excluding carboxylic acids is 3. The molecule has 0 aliphatic heterocycles. The molecular weight excluding hydrogens is 434 g/mol. The summed E-state index contributed by atoms with van der Waals surface area (Å²) in [4.78, 5) is 37.6. The molecule has 0 aromatic heterocycles. The molecule has 1 saturated carbocycles. The van der Waals surface area contributed by atoms with Gasteiger partial charge in [0, 0.05) is 5.92 Å². The van der Waals surface area contributed by atoms with Crippen LogP contribution >= 0.6 is 0 Å². The van der Waals surface area contributed by atoms with Crippen molar-refractivity contribution in [2.24, 2.45) is 29.4 Å². The summed E-state index contributed by atoms with van der Waals surface area (Å²) >= 11 is 0. The Bertz CT molecular complexity index is 655. The molecule has 0 spiro atoms. The standard InChI is InChI=1S/C26H49N3O5/c1-8-17(4)22(23(27)31)29-24(32)19(16(2)3)15-21(30)20(14-18-12-10-9-11-13-18)28-25(33)34-26(5,6)7/h16-22,30H,8-15H2,1-7H3,(H2,27,31)(H,28,33)(H,29,32)/t17-,19-,20-,21-,22-/m0/s1. The summed E-state index contributed by atoms with van der Waals surface area (Å²) in [6, 6.07) is -1.28. The number of ether oxygens (including phenoxy) is 1. The molecule has 0 saturated heterocycles. The minimum Gasteiger partial charge on any atom is -0.444 e. The first-order chi connectivity index (χ1) is 15.7. The Hall–Kier alpha value is -1.83. The van der Waals surface area contributed by atoms with Gasteiger partial charge < -0.3 is 26.2 Å². The second-order valence-electron chi connectivity index (χ2n) is 11.4. The van der Waals surface area contributed by atoms with E-state index in [1.165, 1.54) is 6.42 Å². The van der Waals surface area contributed by atoms with E-state index >= 15 is 0 Å². The number of aliphatic hydroxyl groups excluding tert-OH is 1. The van der Waals surface area contributed by atoms with Crippen molar-refractivity contribution in [2.75, 3.05) is 0 Å². The molecule has 3 amide bonds. The van der Waals surface area contributed by atoms with Crippen LogP contribution in [0.5, 0.6) is 0 Å². The van der Waals surface area contributed by atoms with Gasteiger partial charge in [-0.3, -0.25) is 9.59 Å². The summed E-state index contributed by atoms with van der Waals surface area (Å²) < 4.78 is 5.43. The van der Waals surface area contributed by atoms with Crippen LogP contribution in [0.3, 0.4) is 0 Å². The minimum atomic E-state index is -0.928. The van der Waals surface area contributed by atoms with Gasteiger partial charge >= 0.3 is 6.09 Å². The number of carbonyl (C=O) groups is 3. The van der Waals surface area contributed by atoms with Gasteiger partial charge in [-0.1, -0.05) is 66.2 Å². The van der Waals surface area contributed by atoms with E-state index in [4.69, 9.17) is 10.5 Å². The molecule has 34 heavy (non-hydrogen) atoms. The van der Waals surface area contributed by atoms with Crippen LogP contribution in [0.1, 0.15) is 99.8 Å². The van der Waals surface area contributed by atoms with Gasteiger partial charge in [0.25, 0.3) is 0 Å². The van der Waals surface area contributed by atoms with Gasteiger partial charge in [0.1, 0.15) is 11.6 Å². The normalized spacial score (nSPS) is 19.6. The van der Waals surface area contributed by atoms with E-state index in [2.05, 4.69) is 10.6 Å². The fourth-order valence-electron chi connectivity index (χ4n) is 4.65. The molecule has 0 aromatic rings. The van der Waals surface area contributed by atoms with Crippen molar-refractivity contribution < 1.29 is 24.2 Å². The Morgan fingerprint density at radius 3 is 2.12 bits per heavy atom. The summed E-state index contributed by atoms with van der Waals surface area (Å²) in [5.74, 6) is -1.14. The van der Waals surface area contributed by atoms with Crippen LogP contribution in [0.15, 0.2) is 0 Å². The molecule has 1 aliphatic carbocycles. The molecule has 5 atom stereocenters. The predicted octanol–water partition coefficient (Wildman–Crippen LogP) is 3.89. The lowest BCUT2D eigenvalue weighted by molar-refractivity contribution is -0.132. The Morgan fingerprint density at radius 1 is 1.06 bits per heavy atom. The Labute approximate surface area is 206 Å². The molecule has 1 fully saturated rings. The van der Waals surface area contributed by atoms with Crippen molar-refractivity contribution in [1.29, 1.82) is 0 Å². The molecule has 8 nitrogen and oxygen atoms in total. The molecule has 198 valence electrons. The van der Waals surface area contributed by atoms with E-state index < -0.39 is 41.7 Å². The van der Waals surface area contributed by atoms with Gasteiger partial charge in [-0.05, 0) is 51.4 Å². The molecule has 0 bridgehead atoms. The average Bonchev–Trinajstić information content (AvgIpc) is 2.73. The molecule has 8 heteroatoms. The van der Waals surface area contributed by atoms with Gasteiger partial charge in [0.05, 0.1) is 12.1 Å². The number of rotatable bonds is 12. The zero-order valence-electron chi connectivity index (χ0n) is 22.4. The van der Waals surface area contributed by atoms with Crippen molar-refractivity contribution in [2.45, 2.75) is 124 Å². The van der Waals surface area contributed by atoms with E-state index in [1.54, 1.807) is 20.8 Å². The van der Waals surface area contributed by atoms with Gasteiger partial charge in [-0.15, -0.1) is 0 Å². The Morgan fingerprint density at radius 2 is 1.65 bits per heavy atom. The second-order valence-corrected chi connectivity index (χ2v) is 11.4. The fourth-order valence-corrected chi connectivity index (χ4v) is 4.65. The monoisotopic (exact) mass is 483 g/mol. The molecule has 0 unspecified atom stereocenters. The Kier molecular flexibility index (Phi) is 12.4. The average molecular weight is 484 g/mol. The number of amides is 3. The van der Waals surface area contributed by atoms with Crippen molar-refractivity contribution in [3.05, 3.63) is 0 Å². The quantitative estimate of drug-likeness (QED) is 0.334. The highest BCUT2D eigenvalue weighted by Gasteiger charge is 2.34. The van der Waals surface area contributed by atoms with E-state index in [-0.39, 0.29) is 24.2 Å². The summed E-state index contributed by atoms with van der Waals surface area (Å²) in [5.41, 5.74) is 4.88. The third-order valence-electron chi connectivity index (χ3n) is 6.93. The minimum absolute atomic E-state index is 0.0723. The van der Waals surface area contributed by atoms with Crippen LogP contribution in [-0.2, 0) is 14.3 Å². The number of hydrogen-bond donors (Lipinski definition) is 4. The third kappa shape index (κ3) is 10.6. The van der Waals surface area contributed by atoms with Gasteiger partial charge in [-0.2, -0.15) is 0 Å². The first-order valence-electron chi connectivity index (χ1n) is 13.0. The maximum atomic E-state index is 13.1. The number of hydrogen-bond acceptors (Lipinski definition) is 5. The van der Waals surface area contributed by atoms with Crippen LogP contribution in [0.25, 0.3) is 0 Å². The van der Waals surface area contributed by atoms with Crippen molar-refractivity contribution in [3.63, 3.8) is 0 Å². The smallest absolute Gasteiger partial charge is 0.407 e. The molecule has 0 radical (unpaired) electrons. The van der Waals surface area contributed by atoms with E-state index in [0.29, 0.717) is 18.8 Å². The molecule has 0 heterocycles. The maximum absolute atomic E-state index is 13.1. The fraction of sp³-hybridized carbons (Fsp3) is 0.885. The highest BCUT2D eigenvalue weighted by Crippen LogP contribution is 2.30. The Balaban J connectivity index is 2.98. The van der Waals surface area contributed by atoms with Crippen LogP contribution in [0, 0.1) is 23.7 Å². The maximum Gasteiger partial charge on any atom is 0.407 e. The molecule has 1 rings (SSSR count). The van der Waals surface area contributed by atoms with Crippen LogP contribution in [0.2, 0.25) is 0 Å². The van der Waals surface area contributed by atoms with E-state index in [9.17, 15) is 19.5 Å². The summed E-state index contributed by atoms with van der Waals surface area (Å²) in [7, 11) is 0. The second kappa shape index (κ2) is 13.9. The molecule has 0 aromatic carbocycles. The van der Waals surface area contributed by atoms with Crippen molar-refractivity contribution in [1.82, 2.24) is 10.6 Å². The molecule has 1 aliphatic rings. The van der Waals surface area contributed by atoms with Crippen LogP contribution in [-0.4, -0.2) is 46.8 Å². The van der Waals surface area contributed by atoms with E-state index in [1.807, 2.05) is 27.7 Å². The largest absolute Gasteiger partial charge is 0.444 e. The third-order valence-corrected chi connectivity index (χ3v) is 6.93. The lowest BCUT2D eigenvalue weighted by atomic mass is 9.81. The number of alkyl carbamates (subject to hydrolysis) is 1. The zero-order chi connectivity index (χ0) is 26.1. The number of nitrogens with one attached hydrogen (secondary N) is 2. The first kappa shape index (κ1) is 30.2. The lowest BCUT2D eigenvalue weighted by Crippen LogP contribution is -2.52. The first-order valence-corrected chi connectivity index (χ1v) is 13.0. The number of nitrogens with two attached hydrogens (primary N) is 1. The van der Waals surface area contributed by atoms with Crippen molar-refractivity contribution in [3.8, 4) is 0 Å². The summed E-state index contributed by atoms with van der Waals surface area (Å²) in [5, 5.41) is 16.9. The molecular formula is C26H49N3O5. The van der Waals surface area contributed by atoms with Gasteiger partial charge in [0.2, 0.25) is 11.8 Å². The van der Waals surface area contributed by atoms with Crippen LogP contribution < -0.4 is 16.4 Å². The lowest BCUT2D eigenvalue weighted by Gasteiger charge is -2.33. The number of primary amides is 1. The molecule has 5 N–H and O–H groups in total.